The molecule has 1 nitrogen and oxygen atoms in total. The topological polar surface area (TPSA) is 20.2 Å². The van der Waals surface area contributed by atoms with Crippen LogP contribution in [-0.4, -0.2) is 5.11 Å². The van der Waals surface area contributed by atoms with E-state index in [1.165, 1.54) is 22.9 Å². The van der Waals surface area contributed by atoms with Gasteiger partial charge in [0.05, 0.1) is 0 Å². The Morgan fingerprint density at radius 1 is 0.857 bits per heavy atom. The summed E-state index contributed by atoms with van der Waals surface area (Å²) in [5, 5.41) is 12.5. The number of hydrogen-bond donors (Lipinski definition) is 1. The quantitative estimate of drug-likeness (QED) is 0.662. The van der Waals surface area contributed by atoms with Crippen molar-refractivity contribution in [2.75, 3.05) is 0 Å². The fourth-order valence-corrected chi connectivity index (χ4v) is 2.91. The first-order chi connectivity index (χ1) is 10.3. The monoisotopic (exact) mass is 276 g/mol. The standard InChI is InChI=1S/C20H20O/c1-2-3-11-17-16-12-7-8-13-18(16)20(21)14-19(17)15-9-5-4-6-10-15/h4-10,12-14,21H,2-3,11H2,1H3. The van der Waals surface area contributed by atoms with E-state index in [2.05, 4.69) is 25.1 Å². The van der Waals surface area contributed by atoms with Gasteiger partial charge in [0.1, 0.15) is 5.75 Å². The van der Waals surface area contributed by atoms with E-state index in [-0.39, 0.29) is 0 Å². The molecule has 0 aromatic heterocycles. The van der Waals surface area contributed by atoms with Crippen molar-refractivity contribution >= 4 is 10.8 Å². The second-order valence-electron chi connectivity index (χ2n) is 5.44. The molecule has 0 aliphatic carbocycles. The lowest BCUT2D eigenvalue weighted by atomic mass is 9.90. The number of aryl methyl sites for hydroxylation is 1. The van der Waals surface area contributed by atoms with Crippen molar-refractivity contribution in [2.45, 2.75) is 26.2 Å². The van der Waals surface area contributed by atoms with Gasteiger partial charge in [-0.25, -0.2) is 0 Å². The summed E-state index contributed by atoms with van der Waals surface area (Å²) in [6.07, 6.45) is 3.37. The Morgan fingerprint density at radius 2 is 1.52 bits per heavy atom. The van der Waals surface area contributed by atoms with Crippen LogP contribution in [0.2, 0.25) is 0 Å². The van der Waals surface area contributed by atoms with E-state index < -0.39 is 0 Å². The van der Waals surface area contributed by atoms with E-state index in [0.29, 0.717) is 5.75 Å². The zero-order valence-electron chi connectivity index (χ0n) is 12.3. The van der Waals surface area contributed by atoms with Gasteiger partial charge in [0, 0.05) is 5.39 Å². The Bertz CT molecular complexity index is 744. The fourth-order valence-electron chi connectivity index (χ4n) is 2.91. The normalized spacial score (nSPS) is 10.9. The lowest BCUT2D eigenvalue weighted by molar-refractivity contribution is 0.481. The van der Waals surface area contributed by atoms with Crippen LogP contribution in [0.25, 0.3) is 21.9 Å². The van der Waals surface area contributed by atoms with Gasteiger partial charge in [-0.2, -0.15) is 0 Å². The molecule has 106 valence electrons. The number of rotatable bonds is 4. The highest BCUT2D eigenvalue weighted by molar-refractivity contribution is 5.96. The van der Waals surface area contributed by atoms with E-state index >= 15 is 0 Å². The molecular weight excluding hydrogens is 256 g/mol. The highest BCUT2D eigenvalue weighted by Crippen LogP contribution is 2.37. The van der Waals surface area contributed by atoms with Gasteiger partial charge in [-0.15, -0.1) is 0 Å². The summed E-state index contributed by atoms with van der Waals surface area (Å²) in [6.45, 7) is 2.21. The molecule has 1 heteroatoms. The third-order valence-electron chi connectivity index (χ3n) is 4.00. The largest absolute Gasteiger partial charge is 0.507 e. The number of aromatic hydroxyl groups is 1. The molecule has 21 heavy (non-hydrogen) atoms. The number of fused-ring (bicyclic) bond motifs is 1. The number of benzene rings is 3. The first-order valence-electron chi connectivity index (χ1n) is 7.60. The second-order valence-corrected chi connectivity index (χ2v) is 5.44. The average molecular weight is 276 g/mol. The minimum absolute atomic E-state index is 0.365. The molecule has 0 bridgehead atoms. The Balaban J connectivity index is 2.27. The summed E-state index contributed by atoms with van der Waals surface area (Å²) in [4.78, 5) is 0. The smallest absolute Gasteiger partial charge is 0.124 e. The summed E-state index contributed by atoms with van der Waals surface area (Å²) in [5.74, 6) is 0.365. The second kappa shape index (κ2) is 6.01. The van der Waals surface area contributed by atoms with E-state index in [4.69, 9.17) is 0 Å². The SMILES string of the molecule is CCCCc1c(-c2ccccc2)cc(O)c2ccccc12. The molecule has 0 radical (unpaired) electrons. The van der Waals surface area contributed by atoms with Crippen LogP contribution in [0.5, 0.6) is 5.75 Å². The summed E-state index contributed by atoms with van der Waals surface area (Å²) >= 11 is 0. The molecule has 0 amide bonds. The molecule has 0 aliphatic heterocycles. The fraction of sp³-hybridized carbons (Fsp3) is 0.200. The summed E-state index contributed by atoms with van der Waals surface area (Å²) in [6, 6.07) is 20.4. The van der Waals surface area contributed by atoms with Gasteiger partial charge in [0.25, 0.3) is 0 Å². The molecule has 3 aromatic carbocycles. The minimum atomic E-state index is 0.365. The number of phenols is 1. The Labute approximate surface area is 125 Å². The molecule has 0 atom stereocenters. The Morgan fingerprint density at radius 3 is 2.24 bits per heavy atom. The zero-order chi connectivity index (χ0) is 14.7. The van der Waals surface area contributed by atoms with Crippen LogP contribution in [0.1, 0.15) is 25.3 Å². The van der Waals surface area contributed by atoms with Gasteiger partial charge in [0.15, 0.2) is 0 Å². The van der Waals surface area contributed by atoms with E-state index in [1.807, 2.05) is 42.5 Å². The van der Waals surface area contributed by atoms with Crippen molar-refractivity contribution in [1.82, 2.24) is 0 Å². The maximum Gasteiger partial charge on any atom is 0.124 e. The first-order valence-corrected chi connectivity index (χ1v) is 7.60. The van der Waals surface area contributed by atoms with Gasteiger partial charge in [0.2, 0.25) is 0 Å². The molecule has 0 spiro atoms. The zero-order valence-corrected chi connectivity index (χ0v) is 12.3. The van der Waals surface area contributed by atoms with Crippen molar-refractivity contribution < 1.29 is 5.11 Å². The average Bonchev–Trinajstić information content (AvgIpc) is 2.55. The number of hydrogen-bond acceptors (Lipinski definition) is 1. The highest BCUT2D eigenvalue weighted by Gasteiger charge is 2.12. The summed E-state index contributed by atoms with van der Waals surface area (Å²) in [7, 11) is 0. The van der Waals surface area contributed by atoms with Gasteiger partial charge < -0.3 is 5.11 Å². The van der Waals surface area contributed by atoms with Crippen LogP contribution in [0.4, 0.5) is 0 Å². The molecular formula is C20H20O. The number of unbranched alkanes of at least 4 members (excludes halogenated alkanes) is 1. The van der Waals surface area contributed by atoms with E-state index in [0.717, 1.165) is 23.8 Å². The van der Waals surface area contributed by atoms with Crippen LogP contribution >= 0.6 is 0 Å². The van der Waals surface area contributed by atoms with Crippen molar-refractivity contribution in [3.63, 3.8) is 0 Å². The lowest BCUT2D eigenvalue weighted by Crippen LogP contribution is -1.93. The first kappa shape index (κ1) is 13.7. The molecule has 3 rings (SSSR count). The van der Waals surface area contributed by atoms with Crippen molar-refractivity contribution in [2.24, 2.45) is 0 Å². The van der Waals surface area contributed by atoms with Gasteiger partial charge >= 0.3 is 0 Å². The maximum atomic E-state index is 10.4. The van der Waals surface area contributed by atoms with Gasteiger partial charge in [-0.05, 0) is 41.0 Å². The van der Waals surface area contributed by atoms with Crippen LogP contribution in [0, 0.1) is 0 Å². The Kier molecular flexibility index (Phi) is 3.92. The molecule has 1 N–H and O–H groups in total. The van der Waals surface area contributed by atoms with E-state index in [9.17, 15) is 5.11 Å². The Hall–Kier alpha value is -2.28. The number of phenolic OH excluding ortho intramolecular Hbond substituents is 1. The van der Waals surface area contributed by atoms with Crippen LogP contribution < -0.4 is 0 Å². The third-order valence-corrected chi connectivity index (χ3v) is 4.00. The predicted octanol–water partition coefficient (Wildman–Crippen LogP) is 5.56. The molecule has 0 unspecified atom stereocenters. The molecule has 3 aromatic rings. The van der Waals surface area contributed by atoms with Crippen molar-refractivity contribution in [1.29, 1.82) is 0 Å². The highest BCUT2D eigenvalue weighted by atomic mass is 16.3. The van der Waals surface area contributed by atoms with Gasteiger partial charge in [-0.3, -0.25) is 0 Å². The van der Waals surface area contributed by atoms with Crippen LogP contribution in [0.3, 0.4) is 0 Å². The van der Waals surface area contributed by atoms with Gasteiger partial charge in [-0.1, -0.05) is 67.9 Å². The third kappa shape index (κ3) is 2.64. The molecule has 0 fully saturated rings. The molecule has 0 saturated heterocycles. The van der Waals surface area contributed by atoms with Crippen LogP contribution in [-0.2, 0) is 6.42 Å². The van der Waals surface area contributed by atoms with E-state index in [1.54, 1.807) is 0 Å². The molecule has 0 aliphatic rings. The minimum Gasteiger partial charge on any atom is -0.507 e. The van der Waals surface area contributed by atoms with Crippen molar-refractivity contribution in [3.8, 4) is 16.9 Å². The summed E-state index contributed by atoms with van der Waals surface area (Å²) in [5.41, 5.74) is 3.67. The predicted molar refractivity (Wildman–Crippen MR) is 89.7 cm³/mol. The van der Waals surface area contributed by atoms with Crippen molar-refractivity contribution in [3.05, 3.63) is 66.2 Å². The van der Waals surface area contributed by atoms with Crippen LogP contribution in [0.15, 0.2) is 60.7 Å². The summed E-state index contributed by atoms with van der Waals surface area (Å²) < 4.78 is 0. The lowest BCUT2D eigenvalue weighted by Gasteiger charge is -2.15. The molecule has 0 heterocycles. The maximum absolute atomic E-state index is 10.4. The molecule has 0 saturated carbocycles.